The summed E-state index contributed by atoms with van der Waals surface area (Å²) in [6.07, 6.45) is 0.949. The van der Waals surface area contributed by atoms with Crippen molar-refractivity contribution in [1.29, 1.82) is 0 Å². The van der Waals surface area contributed by atoms with Crippen molar-refractivity contribution in [1.82, 2.24) is 10.6 Å². The molecule has 0 aliphatic carbocycles. The average Bonchev–Trinajstić information content (AvgIpc) is 2.92. The van der Waals surface area contributed by atoms with E-state index < -0.39 is 39.7 Å². The molecular formula is C30H37F2N3O5S. The van der Waals surface area contributed by atoms with Gasteiger partial charge in [-0.1, -0.05) is 37.3 Å². The maximum Gasteiger partial charge on any atom is 0.251 e. The van der Waals surface area contributed by atoms with E-state index in [4.69, 9.17) is 5.11 Å². The summed E-state index contributed by atoms with van der Waals surface area (Å²) in [5, 5.41) is 26.1. The molecule has 0 unspecified atom stereocenters. The first-order valence-corrected chi connectivity index (χ1v) is 15.3. The van der Waals surface area contributed by atoms with Crippen LogP contribution in [0.2, 0.25) is 0 Å². The number of aliphatic hydroxyl groups excluding tert-OH is 2. The van der Waals surface area contributed by atoms with E-state index in [2.05, 4.69) is 23.6 Å². The van der Waals surface area contributed by atoms with Crippen molar-refractivity contribution in [3.05, 3.63) is 101 Å². The van der Waals surface area contributed by atoms with Gasteiger partial charge in [-0.2, -0.15) is 0 Å². The van der Waals surface area contributed by atoms with Crippen molar-refractivity contribution in [2.24, 2.45) is 0 Å². The highest BCUT2D eigenvalue weighted by molar-refractivity contribution is 7.92. The van der Waals surface area contributed by atoms with E-state index in [0.717, 1.165) is 40.7 Å². The minimum absolute atomic E-state index is 0.0275. The third-order valence-corrected chi connectivity index (χ3v) is 7.75. The Hall–Kier alpha value is -3.38. The van der Waals surface area contributed by atoms with Crippen LogP contribution < -0.4 is 14.9 Å². The SMILES string of the molecule is CCc1cccc(CNC[C@@H](O)[C@H](Cc2cc(F)cc(F)c2)NC(=O)c2cccc(N(CCCO)S(C)(=O)=O)c2)c1. The summed E-state index contributed by atoms with van der Waals surface area (Å²) in [5.74, 6) is -2.14. The molecule has 4 N–H and O–H groups in total. The van der Waals surface area contributed by atoms with E-state index in [0.29, 0.717) is 6.54 Å². The molecule has 0 bridgehead atoms. The van der Waals surface area contributed by atoms with E-state index in [1.165, 1.54) is 29.8 Å². The average molecular weight is 590 g/mol. The lowest BCUT2D eigenvalue weighted by molar-refractivity contribution is 0.0830. The molecule has 8 nitrogen and oxygen atoms in total. The lowest BCUT2D eigenvalue weighted by Crippen LogP contribution is -2.48. The van der Waals surface area contributed by atoms with Gasteiger partial charge in [-0.15, -0.1) is 0 Å². The fraction of sp³-hybridized carbons (Fsp3) is 0.367. The summed E-state index contributed by atoms with van der Waals surface area (Å²) in [4.78, 5) is 13.3. The van der Waals surface area contributed by atoms with Gasteiger partial charge in [0.1, 0.15) is 11.6 Å². The highest BCUT2D eigenvalue weighted by atomic mass is 32.2. The van der Waals surface area contributed by atoms with Gasteiger partial charge in [0.15, 0.2) is 0 Å². The van der Waals surface area contributed by atoms with Crippen molar-refractivity contribution < 1.29 is 32.2 Å². The largest absolute Gasteiger partial charge is 0.396 e. The number of carbonyl (C=O) groups is 1. The van der Waals surface area contributed by atoms with Crippen LogP contribution in [-0.4, -0.2) is 62.6 Å². The zero-order chi connectivity index (χ0) is 30.0. The number of aliphatic hydroxyl groups is 2. The van der Waals surface area contributed by atoms with Gasteiger partial charge in [-0.05, 0) is 66.3 Å². The van der Waals surface area contributed by atoms with E-state index in [9.17, 15) is 27.1 Å². The number of rotatable bonds is 15. The van der Waals surface area contributed by atoms with Crippen LogP contribution in [0.5, 0.6) is 0 Å². The molecule has 0 radical (unpaired) electrons. The topological polar surface area (TPSA) is 119 Å². The van der Waals surface area contributed by atoms with Crippen LogP contribution in [-0.2, 0) is 29.4 Å². The Morgan fingerprint density at radius 2 is 1.66 bits per heavy atom. The molecule has 0 saturated heterocycles. The zero-order valence-corrected chi connectivity index (χ0v) is 24.0. The number of halogens is 2. The molecule has 0 saturated carbocycles. The number of nitrogens with one attached hydrogen (secondary N) is 2. The number of hydrogen-bond acceptors (Lipinski definition) is 6. The number of benzene rings is 3. The van der Waals surface area contributed by atoms with Crippen molar-refractivity contribution in [3.8, 4) is 0 Å². The summed E-state index contributed by atoms with van der Waals surface area (Å²) in [6, 6.07) is 16.1. The third kappa shape index (κ3) is 9.89. The molecule has 0 aliphatic heterocycles. The Morgan fingerprint density at radius 3 is 2.32 bits per heavy atom. The number of hydrogen-bond donors (Lipinski definition) is 4. The van der Waals surface area contributed by atoms with E-state index in [1.54, 1.807) is 0 Å². The summed E-state index contributed by atoms with van der Waals surface area (Å²) >= 11 is 0. The third-order valence-electron chi connectivity index (χ3n) is 6.56. The fourth-order valence-electron chi connectivity index (χ4n) is 4.49. The van der Waals surface area contributed by atoms with Gasteiger partial charge in [-0.25, -0.2) is 17.2 Å². The lowest BCUT2D eigenvalue weighted by Gasteiger charge is -2.26. The quantitative estimate of drug-likeness (QED) is 0.216. The number of anilines is 1. The Kier molecular flexibility index (Phi) is 11.8. The smallest absolute Gasteiger partial charge is 0.251 e. The summed E-state index contributed by atoms with van der Waals surface area (Å²) < 4.78 is 53.5. The Balaban J connectivity index is 1.79. The molecule has 2 atom stereocenters. The summed E-state index contributed by atoms with van der Waals surface area (Å²) in [7, 11) is -3.68. The maximum atomic E-state index is 13.9. The first-order chi connectivity index (χ1) is 19.5. The molecule has 0 heterocycles. The first kappa shape index (κ1) is 32.1. The second-order valence-electron chi connectivity index (χ2n) is 9.90. The number of sulfonamides is 1. The van der Waals surface area contributed by atoms with Gasteiger partial charge < -0.3 is 20.8 Å². The number of amides is 1. The summed E-state index contributed by atoms with van der Waals surface area (Å²) in [5.41, 5.74) is 2.83. The van der Waals surface area contributed by atoms with Crippen LogP contribution >= 0.6 is 0 Å². The molecule has 3 rings (SSSR count). The van der Waals surface area contributed by atoms with Gasteiger partial charge in [0, 0.05) is 37.9 Å². The molecule has 0 aromatic heterocycles. The molecule has 11 heteroatoms. The molecule has 1 amide bonds. The number of nitrogens with zero attached hydrogens (tertiary/aromatic N) is 1. The second kappa shape index (κ2) is 15.0. The molecule has 0 spiro atoms. The minimum atomic E-state index is -3.68. The van der Waals surface area contributed by atoms with Crippen LogP contribution in [0, 0.1) is 11.6 Å². The van der Waals surface area contributed by atoms with E-state index in [-0.39, 0.29) is 49.4 Å². The predicted molar refractivity (Wildman–Crippen MR) is 155 cm³/mol. The van der Waals surface area contributed by atoms with Crippen LogP contribution in [0.1, 0.15) is 40.4 Å². The molecular weight excluding hydrogens is 552 g/mol. The number of carbonyl (C=O) groups excluding carboxylic acids is 1. The molecule has 0 aliphatic rings. The van der Waals surface area contributed by atoms with Crippen molar-refractivity contribution in [3.63, 3.8) is 0 Å². The first-order valence-electron chi connectivity index (χ1n) is 13.4. The van der Waals surface area contributed by atoms with Crippen LogP contribution in [0.15, 0.2) is 66.7 Å². The van der Waals surface area contributed by atoms with Gasteiger partial charge in [0.05, 0.1) is 24.1 Å². The molecule has 0 fully saturated rings. The molecule has 3 aromatic rings. The van der Waals surface area contributed by atoms with Crippen LogP contribution in [0.25, 0.3) is 0 Å². The van der Waals surface area contributed by atoms with E-state index in [1.807, 2.05) is 18.2 Å². The van der Waals surface area contributed by atoms with Crippen molar-refractivity contribution in [2.75, 3.05) is 30.3 Å². The Morgan fingerprint density at radius 1 is 0.976 bits per heavy atom. The monoisotopic (exact) mass is 589 g/mol. The van der Waals surface area contributed by atoms with Crippen LogP contribution in [0.3, 0.4) is 0 Å². The van der Waals surface area contributed by atoms with Gasteiger partial charge in [0.25, 0.3) is 5.91 Å². The number of aryl methyl sites for hydroxylation is 1. The predicted octanol–water partition coefficient (Wildman–Crippen LogP) is 3.17. The van der Waals surface area contributed by atoms with Crippen LogP contribution in [0.4, 0.5) is 14.5 Å². The van der Waals surface area contributed by atoms with Crippen molar-refractivity contribution >= 4 is 21.6 Å². The maximum absolute atomic E-state index is 13.9. The normalized spacial score (nSPS) is 13.0. The highest BCUT2D eigenvalue weighted by Gasteiger charge is 2.24. The zero-order valence-electron chi connectivity index (χ0n) is 23.2. The van der Waals surface area contributed by atoms with E-state index >= 15 is 0 Å². The van der Waals surface area contributed by atoms with Gasteiger partial charge in [0.2, 0.25) is 10.0 Å². The second-order valence-corrected chi connectivity index (χ2v) is 11.8. The lowest BCUT2D eigenvalue weighted by atomic mass is 10.00. The summed E-state index contributed by atoms with van der Waals surface area (Å²) in [6.45, 7) is 2.44. The fourth-order valence-corrected chi connectivity index (χ4v) is 5.44. The van der Waals surface area contributed by atoms with Gasteiger partial charge in [-0.3, -0.25) is 9.10 Å². The molecule has 41 heavy (non-hydrogen) atoms. The Labute approximate surface area is 240 Å². The highest BCUT2D eigenvalue weighted by Crippen LogP contribution is 2.20. The molecule has 222 valence electrons. The minimum Gasteiger partial charge on any atom is -0.396 e. The van der Waals surface area contributed by atoms with Crippen molar-refractivity contribution in [2.45, 2.75) is 44.9 Å². The molecule has 3 aromatic carbocycles. The standard InChI is InChI=1S/C30H37F2N3O5S/c1-3-21-7-4-8-22(13-21)19-33-20-29(37)28(16-23-14-25(31)18-26(32)15-23)34-30(38)24-9-5-10-27(17-24)35(11-6-12-36)41(2,39)40/h4-5,7-10,13-15,17-18,28-29,33,36-37H,3,6,11-12,16,19-20H2,1-2H3,(H,34,38)/t28-,29+/m0/s1. The van der Waals surface area contributed by atoms with Gasteiger partial charge >= 0.3 is 0 Å². The Bertz CT molecular complexity index is 1400.